The summed E-state index contributed by atoms with van der Waals surface area (Å²) >= 11 is 3.43. The highest BCUT2D eigenvalue weighted by Gasteiger charge is 2.27. The number of carbonyl (C=O) groups is 1. The van der Waals surface area contributed by atoms with Crippen LogP contribution in [0.25, 0.3) is 0 Å². The first-order valence-electron chi connectivity index (χ1n) is 6.75. The number of nitrogens with zero attached hydrogens (tertiary/aromatic N) is 1. The Hall–Kier alpha value is -0.960. The van der Waals surface area contributed by atoms with Crippen molar-refractivity contribution in [2.75, 3.05) is 19.6 Å². The molecule has 1 aromatic rings. The Kier molecular flexibility index (Phi) is 5.14. The van der Waals surface area contributed by atoms with Crippen LogP contribution in [-0.2, 0) is 0 Å². The van der Waals surface area contributed by atoms with E-state index < -0.39 is 0 Å². The third kappa shape index (κ3) is 3.57. The molecule has 0 spiro atoms. The highest BCUT2D eigenvalue weighted by atomic mass is 32.2. The van der Waals surface area contributed by atoms with E-state index in [2.05, 4.69) is 25.7 Å². The number of rotatable bonds is 1. The molecule has 3 nitrogen and oxygen atoms in total. The van der Waals surface area contributed by atoms with E-state index in [1.54, 1.807) is 0 Å². The van der Waals surface area contributed by atoms with Crippen LogP contribution < -0.4 is 5.73 Å². The molecule has 2 N–H and O–H groups in total. The first-order valence-corrected chi connectivity index (χ1v) is 8.51. The molecule has 1 saturated heterocycles. The maximum absolute atomic E-state index is 12.6. The lowest BCUT2D eigenvalue weighted by atomic mass is 10.2. The van der Waals surface area contributed by atoms with Gasteiger partial charge in [0, 0.05) is 23.6 Å². The molecular formula is C15H20N2OS2. The van der Waals surface area contributed by atoms with E-state index in [9.17, 15) is 4.79 Å². The summed E-state index contributed by atoms with van der Waals surface area (Å²) in [6.45, 7) is 8.35. The molecule has 1 aliphatic heterocycles. The number of aryl methyl sites for hydroxylation is 1. The number of nitrogens with two attached hydrogens (primary N) is 1. The molecule has 0 aliphatic carbocycles. The molecule has 1 fully saturated rings. The van der Waals surface area contributed by atoms with Crippen LogP contribution in [0.5, 0.6) is 0 Å². The second-order valence-corrected chi connectivity index (χ2v) is 8.03. The van der Waals surface area contributed by atoms with Gasteiger partial charge in [-0.25, -0.2) is 0 Å². The lowest BCUT2D eigenvalue weighted by Crippen LogP contribution is -2.43. The van der Waals surface area contributed by atoms with Crippen LogP contribution in [0, 0.1) is 18.8 Å². The lowest BCUT2D eigenvalue weighted by molar-refractivity contribution is 0.0758. The van der Waals surface area contributed by atoms with Crippen LogP contribution in [0.4, 0.5) is 0 Å². The summed E-state index contributed by atoms with van der Waals surface area (Å²) in [5, 5.41) is 1.00. The Morgan fingerprint density at radius 1 is 1.45 bits per heavy atom. The predicted octanol–water partition coefficient (Wildman–Crippen LogP) is 2.33. The molecule has 0 radical (unpaired) electrons. The van der Waals surface area contributed by atoms with Crippen LogP contribution in [0.1, 0.15) is 34.0 Å². The highest BCUT2D eigenvalue weighted by molar-refractivity contribution is 8.00. The molecular weight excluding hydrogens is 288 g/mol. The van der Waals surface area contributed by atoms with Gasteiger partial charge < -0.3 is 10.6 Å². The number of carbonyl (C=O) groups excluding carboxylic acids is 1. The van der Waals surface area contributed by atoms with Gasteiger partial charge in [0.1, 0.15) is 0 Å². The summed E-state index contributed by atoms with van der Waals surface area (Å²) < 4.78 is 0. The molecule has 2 heterocycles. The maximum atomic E-state index is 12.6. The Bertz CT molecular complexity index is 546. The van der Waals surface area contributed by atoms with Crippen molar-refractivity contribution in [3.05, 3.63) is 21.4 Å². The standard InChI is InChI=1S/C15H20N2OS2/c1-10-7-14(20-13(10)5-4-6-16)15(18)17-8-11(2)19-12(3)9-17/h7,11-12H,6,8-9,16H2,1-3H3. The minimum Gasteiger partial charge on any atom is -0.336 e. The minimum atomic E-state index is 0.137. The van der Waals surface area contributed by atoms with Crippen molar-refractivity contribution in [1.82, 2.24) is 4.90 Å². The van der Waals surface area contributed by atoms with Crippen LogP contribution in [0.3, 0.4) is 0 Å². The average molecular weight is 308 g/mol. The summed E-state index contributed by atoms with van der Waals surface area (Å²) in [4.78, 5) is 16.3. The first kappa shape index (κ1) is 15.4. The van der Waals surface area contributed by atoms with Crippen LogP contribution in [0.15, 0.2) is 6.07 Å². The van der Waals surface area contributed by atoms with E-state index >= 15 is 0 Å². The zero-order chi connectivity index (χ0) is 14.7. The Labute approximate surface area is 128 Å². The number of thioether (sulfide) groups is 1. The van der Waals surface area contributed by atoms with Gasteiger partial charge in [0.2, 0.25) is 0 Å². The monoisotopic (exact) mass is 308 g/mol. The van der Waals surface area contributed by atoms with Gasteiger partial charge in [0.25, 0.3) is 5.91 Å². The SMILES string of the molecule is Cc1cc(C(=O)N2CC(C)SC(C)C2)sc1C#CCN. The maximum Gasteiger partial charge on any atom is 0.264 e. The van der Waals surface area contributed by atoms with Gasteiger partial charge in [-0.05, 0) is 18.6 Å². The van der Waals surface area contributed by atoms with Crippen molar-refractivity contribution < 1.29 is 4.79 Å². The smallest absolute Gasteiger partial charge is 0.264 e. The molecule has 108 valence electrons. The van der Waals surface area contributed by atoms with Crippen LogP contribution in [0.2, 0.25) is 0 Å². The molecule has 5 heteroatoms. The molecule has 2 atom stereocenters. The molecule has 1 aromatic heterocycles. The van der Waals surface area contributed by atoms with E-state index in [4.69, 9.17) is 5.73 Å². The van der Waals surface area contributed by atoms with Crippen LogP contribution >= 0.6 is 23.1 Å². The minimum absolute atomic E-state index is 0.137. The summed E-state index contributed by atoms with van der Waals surface area (Å²) in [5.74, 6) is 6.03. The number of thiophene rings is 1. The van der Waals surface area contributed by atoms with Crippen molar-refractivity contribution in [2.45, 2.75) is 31.3 Å². The Morgan fingerprint density at radius 3 is 2.70 bits per heavy atom. The number of hydrogen-bond donors (Lipinski definition) is 1. The molecule has 2 unspecified atom stereocenters. The summed E-state index contributed by atoms with van der Waals surface area (Å²) in [6, 6.07) is 1.95. The molecule has 2 rings (SSSR count). The van der Waals surface area contributed by atoms with Crippen molar-refractivity contribution >= 4 is 29.0 Å². The van der Waals surface area contributed by atoms with E-state index in [0.717, 1.165) is 28.4 Å². The van der Waals surface area contributed by atoms with E-state index in [0.29, 0.717) is 17.0 Å². The zero-order valence-electron chi connectivity index (χ0n) is 12.1. The van der Waals surface area contributed by atoms with E-state index in [-0.39, 0.29) is 5.91 Å². The van der Waals surface area contributed by atoms with Gasteiger partial charge in [0.15, 0.2) is 0 Å². The lowest BCUT2D eigenvalue weighted by Gasteiger charge is -2.34. The van der Waals surface area contributed by atoms with Gasteiger partial charge in [-0.1, -0.05) is 25.7 Å². The number of hydrogen-bond acceptors (Lipinski definition) is 4. The van der Waals surface area contributed by atoms with Gasteiger partial charge >= 0.3 is 0 Å². The normalized spacial score (nSPS) is 22.3. The third-order valence-electron chi connectivity index (χ3n) is 3.14. The van der Waals surface area contributed by atoms with Gasteiger partial charge in [0.05, 0.1) is 16.3 Å². The van der Waals surface area contributed by atoms with Gasteiger partial charge in [-0.2, -0.15) is 11.8 Å². The van der Waals surface area contributed by atoms with E-state index in [1.807, 2.05) is 29.7 Å². The fourth-order valence-corrected chi connectivity index (χ4v) is 4.68. The van der Waals surface area contributed by atoms with Crippen molar-refractivity contribution in [2.24, 2.45) is 5.73 Å². The number of amides is 1. The quantitative estimate of drug-likeness (QED) is 0.810. The van der Waals surface area contributed by atoms with Gasteiger partial charge in [-0.15, -0.1) is 11.3 Å². The predicted molar refractivity (Wildman–Crippen MR) is 87.4 cm³/mol. The fraction of sp³-hybridized carbons (Fsp3) is 0.533. The fourth-order valence-electron chi connectivity index (χ4n) is 2.34. The average Bonchev–Trinajstić information content (AvgIpc) is 2.75. The van der Waals surface area contributed by atoms with Crippen molar-refractivity contribution in [3.63, 3.8) is 0 Å². The second kappa shape index (κ2) is 6.66. The third-order valence-corrected chi connectivity index (χ3v) is 5.51. The summed E-state index contributed by atoms with van der Waals surface area (Å²) in [5.41, 5.74) is 6.46. The van der Waals surface area contributed by atoms with E-state index in [1.165, 1.54) is 11.3 Å². The summed E-state index contributed by atoms with van der Waals surface area (Å²) in [6.07, 6.45) is 0. The molecule has 20 heavy (non-hydrogen) atoms. The molecule has 0 aromatic carbocycles. The highest BCUT2D eigenvalue weighted by Crippen LogP contribution is 2.28. The Balaban J connectivity index is 2.17. The van der Waals surface area contributed by atoms with Gasteiger partial charge in [-0.3, -0.25) is 4.79 Å². The van der Waals surface area contributed by atoms with Crippen LogP contribution in [-0.4, -0.2) is 40.9 Å². The Morgan fingerprint density at radius 2 is 2.10 bits per heavy atom. The molecule has 0 bridgehead atoms. The molecule has 0 saturated carbocycles. The van der Waals surface area contributed by atoms with Crippen molar-refractivity contribution in [1.29, 1.82) is 0 Å². The topological polar surface area (TPSA) is 46.3 Å². The van der Waals surface area contributed by atoms with Crippen molar-refractivity contribution in [3.8, 4) is 11.8 Å². The summed E-state index contributed by atoms with van der Waals surface area (Å²) in [7, 11) is 0. The second-order valence-electron chi connectivity index (χ2n) is 5.10. The molecule has 1 amide bonds. The zero-order valence-corrected chi connectivity index (χ0v) is 13.7. The first-order chi connectivity index (χ1) is 9.51. The molecule has 1 aliphatic rings. The largest absolute Gasteiger partial charge is 0.336 e.